The Bertz CT molecular complexity index is 1330. The third-order valence-electron chi connectivity index (χ3n) is 4.93. The molecule has 0 saturated carbocycles. The van der Waals surface area contributed by atoms with E-state index in [-0.39, 0.29) is 5.75 Å². The molecule has 5 aromatic rings. The number of benzene rings is 3. The van der Waals surface area contributed by atoms with Crippen LogP contribution in [0.1, 0.15) is 0 Å². The summed E-state index contributed by atoms with van der Waals surface area (Å²) in [5, 5.41) is 18.2. The molecule has 5 rings (SSSR count). The minimum atomic E-state index is 0.148. The van der Waals surface area contributed by atoms with Crippen LogP contribution in [0.5, 0.6) is 17.2 Å². The number of aromatic nitrogens is 3. The second-order valence-electron chi connectivity index (χ2n) is 6.84. The summed E-state index contributed by atoms with van der Waals surface area (Å²) in [6, 6.07) is 24.4. The van der Waals surface area contributed by atoms with Gasteiger partial charge in [0.15, 0.2) is 5.82 Å². The summed E-state index contributed by atoms with van der Waals surface area (Å²) in [5.41, 5.74) is 9.85. The molecule has 0 amide bonds. The molecule has 2 heterocycles. The van der Waals surface area contributed by atoms with E-state index in [1.807, 2.05) is 66.7 Å². The van der Waals surface area contributed by atoms with Crippen LogP contribution in [0.3, 0.4) is 0 Å². The minimum absolute atomic E-state index is 0.148. The van der Waals surface area contributed by atoms with Gasteiger partial charge in [-0.2, -0.15) is 5.10 Å². The third kappa shape index (κ3) is 3.10. The number of H-pyrrole nitrogens is 1. The predicted octanol–water partition coefficient (Wildman–Crippen LogP) is 5.37. The summed E-state index contributed by atoms with van der Waals surface area (Å²) in [4.78, 5) is 4.60. The Balaban J connectivity index is 1.56. The van der Waals surface area contributed by atoms with E-state index in [1.54, 1.807) is 18.3 Å². The summed E-state index contributed by atoms with van der Waals surface area (Å²) >= 11 is 0. The van der Waals surface area contributed by atoms with Crippen molar-refractivity contribution in [1.29, 1.82) is 0 Å². The lowest BCUT2D eigenvalue weighted by Gasteiger charge is -2.10. The van der Waals surface area contributed by atoms with Gasteiger partial charge < -0.3 is 15.6 Å². The van der Waals surface area contributed by atoms with E-state index in [0.29, 0.717) is 22.6 Å². The molecule has 0 aliphatic rings. The van der Waals surface area contributed by atoms with Gasteiger partial charge >= 0.3 is 0 Å². The van der Waals surface area contributed by atoms with Crippen molar-refractivity contribution < 1.29 is 9.84 Å². The molecule has 2 aromatic heterocycles. The number of ether oxygens (including phenoxy) is 1. The normalized spacial score (nSPS) is 10.9. The first-order valence-electron chi connectivity index (χ1n) is 9.45. The zero-order valence-corrected chi connectivity index (χ0v) is 15.9. The number of hydrogen-bond donors (Lipinski definition) is 3. The maximum atomic E-state index is 10.2. The van der Waals surface area contributed by atoms with Crippen molar-refractivity contribution in [3.63, 3.8) is 0 Å². The topological polar surface area (TPSA) is 97.0 Å². The first-order chi connectivity index (χ1) is 14.7. The largest absolute Gasteiger partial charge is 0.507 e. The van der Waals surface area contributed by atoms with Crippen molar-refractivity contribution in [1.82, 2.24) is 15.2 Å². The number of phenolic OH excluding ortho intramolecular Hbond substituents is 1. The smallest absolute Gasteiger partial charge is 0.153 e. The van der Waals surface area contributed by atoms with Crippen LogP contribution in [0.4, 0.5) is 5.82 Å². The Kier molecular flexibility index (Phi) is 4.29. The van der Waals surface area contributed by atoms with Crippen LogP contribution >= 0.6 is 0 Å². The molecule has 3 aromatic carbocycles. The number of aromatic amines is 1. The van der Waals surface area contributed by atoms with Crippen LogP contribution in [0.2, 0.25) is 0 Å². The number of nitrogens with zero attached hydrogens (tertiary/aromatic N) is 2. The molecule has 0 fully saturated rings. The number of aromatic hydroxyl groups is 1. The zero-order valence-electron chi connectivity index (χ0n) is 15.9. The quantitative estimate of drug-likeness (QED) is 0.381. The van der Waals surface area contributed by atoms with Gasteiger partial charge in [0.1, 0.15) is 17.2 Å². The van der Waals surface area contributed by atoms with Gasteiger partial charge in [0.25, 0.3) is 0 Å². The molecule has 0 saturated heterocycles. The molecule has 4 N–H and O–H groups in total. The molecule has 146 valence electrons. The molecule has 0 spiro atoms. The van der Waals surface area contributed by atoms with Crippen molar-refractivity contribution in [2.45, 2.75) is 0 Å². The summed E-state index contributed by atoms with van der Waals surface area (Å²) in [5.74, 6) is 2.04. The summed E-state index contributed by atoms with van der Waals surface area (Å²) in [7, 11) is 0. The van der Waals surface area contributed by atoms with Crippen LogP contribution in [0.15, 0.2) is 85.1 Å². The number of pyridine rings is 1. The van der Waals surface area contributed by atoms with E-state index in [2.05, 4.69) is 15.2 Å². The van der Waals surface area contributed by atoms with E-state index in [9.17, 15) is 5.11 Å². The molecular weight excluding hydrogens is 376 g/mol. The van der Waals surface area contributed by atoms with E-state index in [4.69, 9.17) is 10.5 Å². The molecule has 0 radical (unpaired) electrons. The van der Waals surface area contributed by atoms with Crippen LogP contribution in [0.25, 0.3) is 33.3 Å². The molecule has 0 unspecified atom stereocenters. The Labute approximate surface area is 172 Å². The Morgan fingerprint density at radius 2 is 1.50 bits per heavy atom. The highest BCUT2D eigenvalue weighted by Gasteiger charge is 2.17. The number of fused-ring (bicyclic) bond motifs is 1. The first-order valence-corrected chi connectivity index (χ1v) is 9.45. The fourth-order valence-corrected chi connectivity index (χ4v) is 3.48. The SMILES string of the molecule is Nc1n[nH]c2c(-c3ccccc3O)ncc(-c3ccc(Oc4ccccc4)cc3)c12. The van der Waals surface area contributed by atoms with Gasteiger partial charge in [0, 0.05) is 17.3 Å². The summed E-state index contributed by atoms with van der Waals surface area (Å²) in [6.07, 6.45) is 1.75. The Morgan fingerprint density at radius 3 is 2.27 bits per heavy atom. The molecule has 6 heteroatoms. The average molecular weight is 394 g/mol. The van der Waals surface area contributed by atoms with Crippen molar-refractivity contribution in [3.05, 3.63) is 85.1 Å². The van der Waals surface area contributed by atoms with Gasteiger partial charge in [0.05, 0.1) is 16.6 Å². The number of phenols is 1. The van der Waals surface area contributed by atoms with Gasteiger partial charge in [-0.1, -0.05) is 42.5 Å². The second kappa shape index (κ2) is 7.25. The molecule has 30 heavy (non-hydrogen) atoms. The van der Waals surface area contributed by atoms with Gasteiger partial charge in [0.2, 0.25) is 0 Å². The van der Waals surface area contributed by atoms with Crippen molar-refractivity contribution in [2.75, 3.05) is 5.73 Å². The van der Waals surface area contributed by atoms with Crippen molar-refractivity contribution in [2.24, 2.45) is 0 Å². The number of nitrogen functional groups attached to an aromatic ring is 1. The van der Waals surface area contributed by atoms with Gasteiger partial charge in [-0.05, 0) is 42.0 Å². The third-order valence-corrected chi connectivity index (χ3v) is 4.93. The van der Waals surface area contributed by atoms with Crippen molar-refractivity contribution in [3.8, 4) is 39.6 Å². The van der Waals surface area contributed by atoms with Crippen LogP contribution in [-0.2, 0) is 0 Å². The Morgan fingerprint density at radius 1 is 0.800 bits per heavy atom. The highest BCUT2D eigenvalue weighted by Crippen LogP contribution is 2.38. The highest BCUT2D eigenvalue weighted by molar-refractivity contribution is 6.06. The lowest BCUT2D eigenvalue weighted by Crippen LogP contribution is -1.92. The molecule has 0 aliphatic heterocycles. The Hall–Kier alpha value is -4.32. The fraction of sp³-hybridized carbons (Fsp3) is 0. The monoisotopic (exact) mass is 394 g/mol. The van der Waals surface area contributed by atoms with E-state index in [0.717, 1.165) is 28.0 Å². The lowest BCUT2D eigenvalue weighted by atomic mass is 10.0. The van der Waals surface area contributed by atoms with Crippen LogP contribution < -0.4 is 10.5 Å². The average Bonchev–Trinajstić information content (AvgIpc) is 3.17. The van der Waals surface area contributed by atoms with Gasteiger partial charge in [-0.15, -0.1) is 0 Å². The first kappa shape index (κ1) is 17.8. The van der Waals surface area contributed by atoms with E-state index in [1.165, 1.54) is 0 Å². The lowest BCUT2D eigenvalue weighted by molar-refractivity contribution is 0.477. The maximum absolute atomic E-state index is 10.2. The molecule has 6 nitrogen and oxygen atoms in total. The fourth-order valence-electron chi connectivity index (χ4n) is 3.48. The molecule has 0 aliphatic carbocycles. The van der Waals surface area contributed by atoms with Crippen molar-refractivity contribution >= 4 is 16.7 Å². The molecule has 0 atom stereocenters. The predicted molar refractivity (Wildman–Crippen MR) is 117 cm³/mol. The number of nitrogens with one attached hydrogen (secondary N) is 1. The second-order valence-corrected chi connectivity index (χ2v) is 6.84. The van der Waals surface area contributed by atoms with E-state index < -0.39 is 0 Å². The number of para-hydroxylation sites is 2. The highest BCUT2D eigenvalue weighted by atomic mass is 16.5. The number of rotatable bonds is 4. The molecular formula is C24H18N4O2. The summed E-state index contributed by atoms with van der Waals surface area (Å²) < 4.78 is 5.87. The van der Waals surface area contributed by atoms with Crippen LogP contribution in [0, 0.1) is 0 Å². The zero-order chi connectivity index (χ0) is 20.5. The maximum Gasteiger partial charge on any atom is 0.153 e. The molecule has 0 bridgehead atoms. The standard InChI is InChI=1S/C24H18N4O2/c25-24-21-19(15-10-12-17(13-11-15)30-16-6-2-1-3-7-16)14-26-22(23(21)27-28-24)18-8-4-5-9-20(18)29/h1-14,29H,(H3,25,27,28). The number of nitrogens with two attached hydrogens (primary N) is 1. The van der Waals surface area contributed by atoms with Gasteiger partial charge in [-0.3, -0.25) is 10.1 Å². The minimum Gasteiger partial charge on any atom is -0.507 e. The van der Waals surface area contributed by atoms with E-state index >= 15 is 0 Å². The van der Waals surface area contributed by atoms with Gasteiger partial charge in [-0.25, -0.2) is 0 Å². The number of anilines is 1. The van der Waals surface area contributed by atoms with Crippen LogP contribution in [-0.4, -0.2) is 20.3 Å². The summed E-state index contributed by atoms with van der Waals surface area (Å²) in [6.45, 7) is 0. The number of hydrogen-bond acceptors (Lipinski definition) is 5.